The van der Waals surface area contributed by atoms with Crippen molar-refractivity contribution in [3.8, 4) is 11.5 Å². The van der Waals surface area contributed by atoms with Crippen molar-refractivity contribution in [1.29, 1.82) is 0 Å². The smallest absolute Gasteiger partial charge is 0.416 e. The van der Waals surface area contributed by atoms with Gasteiger partial charge in [0, 0.05) is 5.75 Å². The average molecular weight is 430 g/mol. The molecule has 3 aromatic carbocycles. The first-order chi connectivity index (χ1) is 14.4. The Labute approximate surface area is 178 Å². The third-order valence-electron chi connectivity index (χ3n) is 4.59. The van der Waals surface area contributed by atoms with Gasteiger partial charge in [-0.15, -0.1) is 0 Å². The molecule has 1 atom stereocenters. The third kappa shape index (κ3) is 5.89. The SMILES string of the molecule is CCC(C(=O)SCc1cccc(Oc2ccccc2)c1)c1ccc(C(F)(F)F)cc1. The van der Waals surface area contributed by atoms with Crippen molar-refractivity contribution in [3.63, 3.8) is 0 Å². The van der Waals surface area contributed by atoms with E-state index < -0.39 is 17.7 Å². The Balaban J connectivity index is 1.63. The normalized spacial score (nSPS) is 12.4. The van der Waals surface area contributed by atoms with E-state index in [1.54, 1.807) is 0 Å². The lowest BCUT2D eigenvalue weighted by Crippen LogP contribution is -2.10. The molecule has 0 aromatic heterocycles. The van der Waals surface area contributed by atoms with E-state index in [4.69, 9.17) is 4.74 Å². The molecule has 156 valence electrons. The van der Waals surface area contributed by atoms with Crippen LogP contribution in [-0.2, 0) is 16.7 Å². The van der Waals surface area contributed by atoms with E-state index in [0.717, 1.165) is 23.4 Å². The van der Waals surface area contributed by atoms with Gasteiger partial charge in [-0.05, 0) is 53.9 Å². The minimum Gasteiger partial charge on any atom is -0.457 e. The topological polar surface area (TPSA) is 26.3 Å². The molecule has 0 aliphatic carbocycles. The summed E-state index contributed by atoms with van der Waals surface area (Å²) in [6, 6.07) is 21.8. The number of thioether (sulfide) groups is 1. The molecule has 2 nitrogen and oxygen atoms in total. The zero-order chi connectivity index (χ0) is 21.6. The van der Waals surface area contributed by atoms with Crippen molar-refractivity contribution in [3.05, 3.63) is 95.6 Å². The van der Waals surface area contributed by atoms with E-state index in [0.29, 0.717) is 23.5 Å². The lowest BCUT2D eigenvalue weighted by molar-refractivity contribution is -0.137. The first-order valence-electron chi connectivity index (χ1n) is 9.52. The number of carbonyl (C=O) groups excluding carboxylic acids is 1. The van der Waals surface area contributed by atoms with Crippen molar-refractivity contribution >= 4 is 16.9 Å². The van der Waals surface area contributed by atoms with Crippen molar-refractivity contribution in [1.82, 2.24) is 0 Å². The number of hydrogen-bond acceptors (Lipinski definition) is 3. The number of carbonyl (C=O) groups is 1. The molecule has 0 saturated heterocycles. The molecule has 0 aliphatic rings. The Bertz CT molecular complexity index is 970. The fourth-order valence-electron chi connectivity index (χ4n) is 3.02. The minimum atomic E-state index is -4.38. The van der Waals surface area contributed by atoms with Crippen LogP contribution in [-0.4, -0.2) is 5.12 Å². The highest BCUT2D eigenvalue weighted by molar-refractivity contribution is 8.13. The lowest BCUT2D eigenvalue weighted by Gasteiger charge is -2.15. The standard InChI is InChI=1S/C24H21F3O2S/c1-2-22(18-11-13-19(14-12-18)24(25,26)27)23(28)30-16-17-7-6-10-21(15-17)29-20-8-4-3-5-9-20/h3-15,22H,2,16H2,1H3. The van der Waals surface area contributed by atoms with Gasteiger partial charge in [0.1, 0.15) is 11.5 Å². The molecular formula is C24H21F3O2S. The van der Waals surface area contributed by atoms with Gasteiger partial charge >= 0.3 is 6.18 Å². The predicted octanol–water partition coefficient (Wildman–Crippen LogP) is 7.45. The lowest BCUT2D eigenvalue weighted by atomic mass is 9.97. The van der Waals surface area contributed by atoms with Gasteiger partial charge in [-0.3, -0.25) is 4.79 Å². The van der Waals surface area contributed by atoms with Crippen LogP contribution in [0.15, 0.2) is 78.9 Å². The molecule has 1 unspecified atom stereocenters. The number of alkyl halides is 3. The second-order valence-corrected chi connectivity index (χ2v) is 7.73. The van der Waals surface area contributed by atoms with E-state index in [2.05, 4.69) is 0 Å². The summed E-state index contributed by atoms with van der Waals surface area (Å²) in [4.78, 5) is 12.7. The van der Waals surface area contributed by atoms with Gasteiger partial charge < -0.3 is 4.74 Å². The Morgan fingerprint density at radius 2 is 1.60 bits per heavy atom. The highest BCUT2D eigenvalue weighted by atomic mass is 32.2. The highest BCUT2D eigenvalue weighted by Gasteiger charge is 2.30. The van der Waals surface area contributed by atoms with E-state index in [1.165, 1.54) is 23.9 Å². The van der Waals surface area contributed by atoms with Gasteiger partial charge in [-0.1, -0.05) is 61.2 Å². The van der Waals surface area contributed by atoms with Crippen LogP contribution in [0.1, 0.15) is 36.0 Å². The van der Waals surface area contributed by atoms with E-state index in [1.807, 2.05) is 61.5 Å². The molecule has 30 heavy (non-hydrogen) atoms. The molecule has 0 saturated carbocycles. The maximum Gasteiger partial charge on any atom is 0.416 e. The molecular weight excluding hydrogens is 409 g/mol. The molecule has 0 aliphatic heterocycles. The Hall–Kier alpha value is -2.73. The second-order valence-electron chi connectivity index (χ2n) is 6.75. The van der Waals surface area contributed by atoms with Gasteiger partial charge in [0.25, 0.3) is 0 Å². The summed E-state index contributed by atoms with van der Waals surface area (Å²) in [6.45, 7) is 1.86. The third-order valence-corrected chi connectivity index (χ3v) is 5.64. The number of halogens is 3. The average Bonchev–Trinajstić information content (AvgIpc) is 2.73. The maximum absolute atomic E-state index is 12.8. The van der Waals surface area contributed by atoms with Gasteiger partial charge in [0.15, 0.2) is 5.12 Å². The van der Waals surface area contributed by atoms with Crippen LogP contribution in [0, 0.1) is 0 Å². The van der Waals surface area contributed by atoms with E-state index in [9.17, 15) is 18.0 Å². The number of hydrogen-bond donors (Lipinski definition) is 0. The van der Waals surface area contributed by atoms with Crippen LogP contribution in [0.25, 0.3) is 0 Å². The largest absolute Gasteiger partial charge is 0.457 e. The molecule has 3 rings (SSSR count). The van der Waals surface area contributed by atoms with Gasteiger partial charge in [-0.25, -0.2) is 0 Å². The zero-order valence-corrected chi connectivity index (χ0v) is 17.2. The predicted molar refractivity (Wildman–Crippen MR) is 114 cm³/mol. The molecule has 0 N–H and O–H groups in total. The van der Waals surface area contributed by atoms with Crippen LogP contribution in [0.2, 0.25) is 0 Å². The summed E-state index contributed by atoms with van der Waals surface area (Å²) < 4.78 is 44.1. The zero-order valence-electron chi connectivity index (χ0n) is 16.4. The van der Waals surface area contributed by atoms with Crippen LogP contribution >= 0.6 is 11.8 Å². The summed E-state index contributed by atoms with van der Waals surface area (Å²) in [6.07, 6.45) is -3.86. The van der Waals surface area contributed by atoms with Crippen molar-refractivity contribution in [2.24, 2.45) is 0 Å². The first kappa shape index (κ1) is 22.0. The molecule has 0 fully saturated rings. The van der Waals surface area contributed by atoms with Crippen LogP contribution in [0.5, 0.6) is 11.5 Å². The quantitative estimate of drug-likeness (QED) is 0.389. The fourth-order valence-corrected chi connectivity index (χ4v) is 4.01. The summed E-state index contributed by atoms with van der Waals surface area (Å²) in [7, 11) is 0. The molecule has 0 heterocycles. The molecule has 0 spiro atoms. The van der Waals surface area contributed by atoms with Crippen LogP contribution in [0.4, 0.5) is 13.2 Å². The Morgan fingerprint density at radius 1 is 0.933 bits per heavy atom. The van der Waals surface area contributed by atoms with Gasteiger partial charge in [-0.2, -0.15) is 13.2 Å². The number of ether oxygens (including phenoxy) is 1. The molecule has 0 amide bonds. The summed E-state index contributed by atoms with van der Waals surface area (Å²) >= 11 is 1.17. The fraction of sp³-hybridized carbons (Fsp3) is 0.208. The van der Waals surface area contributed by atoms with Crippen molar-refractivity contribution in [2.45, 2.75) is 31.2 Å². The van der Waals surface area contributed by atoms with Crippen molar-refractivity contribution in [2.75, 3.05) is 0 Å². The maximum atomic E-state index is 12.8. The molecule has 0 bridgehead atoms. The summed E-state index contributed by atoms with van der Waals surface area (Å²) in [5.41, 5.74) is 0.824. The molecule has 6 heteroatoms. The Morgan fingerprint density at radius 3 is 2.23 bits per heavy atom. The number of rotatable bonds is 7. The number of para-hydroxylation sites is 1. The van der Waals surface area contributed by atoms with Crippen molar-refractivity contribution < 1.29 is 22.7 Å². The highest BCUT2D eigenvalue weighted by Crippen LogP contribution is 2.33. The monoisotopic (exact) mass is 430 g/mol. The summed E-state index contributed by atoms with van der Waals surface area (Å²) in [5, 5.41) is -0.0633. The van der Waals surface area contributed by atoms with Crippen LogP contribution < -0.4 is 4.74 Å². The second kappa shape index (κ2) is 9.85. The number of benzene rings is 3. The van der Waals surface area contributed by atoms with Gasteiger partial charge in [0.05, 0.1) is 11.5 Å². The van der Waals surface area contributed by atoms with Crippen LogP contribution in [0.3, 0.4) is 0 Å². The van der Waals surface area contributed by atoms with E-state index >= 15 is 0 Å². The van der Waals surface area contributed by atoms with Gasteiger partial charge in [0.2, 0.25) is 0 Å². The minimum absolute atomic E-state index is 0.0633. The Kier molecular flexibility index (Phi) is 7.21. The first-order valence-corrected chi connectivity index (χ1v) is 10.5. The molecule has 0 radical (unpaired) electrons. The molecule has 3 aromatic rings. The summed E-state index contributed by atoms with van der Waals surface area (Å²) in [5.74, 6) is 1.43. The van der Waals surface area contributed by atoms with E-state index in [-0.39, 0.29) is 5.12 Å².